The van der Waals surface area contributed by atoms with Crippen molar-refractivity contribution < 1.29 is 14.3 Å². The second-order valence-corrected chi connectivity index (χ2v) is 11.6. The molecule has 5 nitrogen and oxygen atoms in total. The second kappa shape index (κ2) is 15.0. The van der Waals surface area contributed by atoms with Crippen LogP contribution in [-0.2, 0) is 29.0 Å². The van der Waals surface area contributed by atoms with Crippen molar-refractivity contribution in [2.24, 2.45) is 0 Å². The first kappa shape index (κ1) is 29.0. The van der Waals surface area contributed by atoms with Crippen LogP contribution in [0.15, 0.2) is 66.0 Å². The fraction of sp³-hybridized carbons (Fsp3) is 0.455. The first-order valence-electron chi connectivity index (χ1n) is 14.4. The molecule has 2 heterocycles. The van der Waals surface area contributed by atoms with Crippen LogP contribution in [0.5, 0.6) is 0 Å². The van der Waals surface area contributed by atoms with E-state index in [0.29, 0.717) is 31.8 Å². The maximum absolute atomic E-state index is 13.8. The van der Waals surface area contributed by atoms with Gasteiger partial charge in [-0.3, -0.25) is 9.59 Å². The Labute approximate surface area is 237 Å². The number of unbranched alkanes of at least 4 members (excludes halogenated alkanes) is 3. The molecule has 1 fully saturated rings. The number of thiophene rings is 1. The normalized spacial score (nSPS) is 14.9. The SMILES string of the molecule is CCCCCCc1ccc(C(=O)N(CC(=O)N(Cc2ccccc2)Cc2sccc2C)CC2CCCO2)cc1. The molecule has 1 saturated heterocycles. The summed E-state index contributed by atoms with van der Waals surface area (Å²) in [5.74, 6) is -0.158. The quantitative estimate of drug-likeness (QED) is 0.204. The Morgan fingerprint density at radius 1 is 0.923 bits per heavy atom. The van der Waals surface area contributed by atoms with Crippen molar-refractivity contribution in [2.45, 2.75) is 78.0 Å². The summed E-state index contributed by atoms with van der Waals surface area (Å²) in [6, 6.07) is 20.1. The second-order valence-electron chi connectivity index (χ2n) is 10.6. The molecule has 39 heavy (non-hydrogen) atoms. The lowest BCUT2D eigenvalue weighted by Crippen LogP contribution is -2.45. The highest BCUT2D eigenvalue weighted by molar-refractivity contribution is 7.10. The average molecular weight is 547 g/mol. The van der Waals surface area contributed by atoms with Crippen LogP contribution in [0.1, 0.15) is 77.4 Å². The summed E-state index contributed by atoms with van der Waals surface area (Å²) in [5, 5.41) is 2.07. The molecule has 2 amide bonds. The molecule has 208 valence electrons. The van der Waals surface area contributed by atoms with E-state index in [2.05, 4.69) is 37.4 Å². The van der Waals surface area contributed by atoms with E-state index in [4.69, 9.17) is 4.74 Å². The number of carbonyl (C=O) groups excluding carboxylic acids is 2. The van der Waals surface area contributed by atoms with Gasteiger partial charge in [0.15, 0.2) is 0 Å². The van der Waals surface area contributed by atoms with E-state index in [0.717, 1.165) is 24.8 Å². The summed E-state index contributed by atoms with van der Waals surface area (Å²) in [5.41, 5.74) is 4.14. The standard InChI is InChI=1S/C33H42N2O3S/c1-3-4-5-7-11-27-15-17-29(18-16-27)33(37)35(23-30-14-10-20-38-30)25-32(36)34(22-28-12-8-6-9-13-28)24-31-26(2)19-21-39-31/h6,8-9,12-13,15-19,21,30H,3-5,7,10-11,14,20,22-25H2,1-2H3. The summed E-state index contributed by atoms with van der Waals surface area (Å²) in [6.45, 7) is 6.52. The molecule has 6 heteroatoms. The first-order valence-corrected chi connectivity index (χ1v) is 15.3. The summed E-state index contributed by atoms with van der Waals surface area (Å²) in [4.78, 5) is 32.3. The lowest BCUT2D eigenvalue weighted by atomic mass is 10.0. The third-order valence-corrected chi connectivity index (χ3v) is 8.46. The minimum atomic E-state index is -0.108. The van der Waals surface area contributed by atoms with Gasteiger partial charge in [0.1, 0.15) is 6.54 Å². The van der Waals surface area contributed by atoms with Gasteiger partial charge in [-0.05, 0) is 72.9 Å². The minimum Gasteiger partial charge on any atom is -0.376 e. The van der Waals surface area contributed by atoms with Crippen LogP contribution < -0.4 is 0 Å². The zero-order valence-corrected chi connectivity index (χ0v) is 24.3. The fourth-order valence-electron chi connectivity index (χ4n) is 5.04. The molecule has 0 radical (unpaired) electrons. The van der Waals surface area contributed by atoms with Gasteiger partial charge in [-0.25, -0.2) is 0 Å². The summed E-state index contributed by atoms with van der Waals surface area (Å²) in [7, 11) is 0. The highest BCUT2D eigenvalue weighted by atomic mass is 32.1. The van der Waals surface area contributed by atoms with Gasteiger partial charge in [0, 0.05) is 30.1 Å². The Hall–Kier alpha value is -2.96. The Kier molecular flexibility index (Phi) is 11.2. The first-order chi connectivity index (χ1) is 19.0. The van der Waals surface area contributed by atoms with E-state index in [1.54, 1.807) is 16.2 Å². The number of hydrogen-bond acceptors (Lipinski definition) is 4. The number of ether oxygens (including phenoxy) is 1. The van der Waals surface area contributed by atoms with Gasteiger partial charge in [-0.2, -0.15) is 0 Å². The molecule has 3 aromatic rings. The van der Waals surface area contributed by atoms with Crippen LogP contribution >= 0.6 is 11.3 Å². The molecule has 1 aliphatic heterocycles. The molecule has 1 atom stereocenters. The van der Waals surface area contributed by atoms with Crippen molar-refractivity contribution in [3.05, 3.63) is 93.2 Å². The van der Waals surface area contributed by atoms with Gasteiger partial charge >= 0.3 is 0 Å². The zero-order chi connectivity index (χ0) is 27.5. The maximum Gasteiger partial charge on any atom is 0.254 e. The molecule has 0 N–H and O–H groups in total. The van der Waals surface area contributed by atoms with Gasteiger partial charge in [0.2, 0.25) is 5.91 Å². The van der Waals surface area contributed by atoms with Crippen LogP contribution in [0.25, 0.3) is 0 Å². The molecule has 1 aromatic heterocycles. The number of carbonyl (C=O) groups is 2. The van der Waals surface area contributed by atoms with Crippen LogP contribution in [0.2, 0.25) is 0 Å². The highest BCUT2D eigenvalue weighted by Crippen LogP contribution is 2.21. The Balaban J connectivity index is 1.49. The summed E-state index contributed by atoms with van der Waals surface area (Å²) >= 11 is 1.67. The molecular formula is C33H42N2O3S. The smallest absolute Gasteiger partial charge is 0.254 e. The van der Waals surface area contributed by atoms with E-state index in [-0.39, 0.29) is 24.5 Å². The molecule has 2 aromatic carbocycles. The lowest BCUT2D eigenvalue weighted by molar-refractivity contribution is -0.133. The van der Waals surface area contributed by atoms with E-state index in [9.17, 15) is 9.59 Å². The number of benzene rings is 2. The van der Waals surface area contributed by atoms with E-state index in [1.165, 1.54) is 41.7 Å². The van der Waals surface area contributed by atoms with Crippen molar-refractivity contribution in [3.8, 4) is 0 Å². The van der Waals surface area contributed by atoms with Gasteiger partial charge in [0.05, 0.1) is 12.6 Å². The number of nitrogens with zero attached hydrogens (tertiary/aromatic N) is 2. The predicted molar refractivity (Wildman–Crippen MR) is 159 cm³/mol. The Bertz CT molecular complexity index is 1170. The molecule has 0 bridgehead atoms. The lowest BCUT2D eigenvalue weighted by Gasteiger charge is -2.29. The predicted octanol–water partition coefficient (Wildman–Crippen LogP) is 7.03. The molecule has 1 aliphatic rings. The Morgan fingerprint density at radius 3 is 2.38 bits per heavy atom. The van der Waals surface area contributed by atoms with Gasteiger partial charge in [0.25, 0.3) is 5.91 Å². The molecule has 4 rings (SSSR count). The molecule has 0 saturated carbocycles. The van der Waals surface area contributed by atoms with Gasteiger partial charge < -0.3 is 14.5 Å². The highest BCUT2D eigenvalue weighted by Gasteiger charge is 2.27. The molecule has 0 spiro atoms. The van der Waals surface area contributed by atoms with Crippen LogP contribution in [0.3, 0.4) is 0 Å². The molecule has 1 unspecified atom stereocenters. The molecular weight excluding hydrogens is 504 g/mol. The van der Waals surface area contributed by atoms with Crippen molar-refractivity contribution in [1.29, 1.82) is 0 Å². The largest absolute Gasteiger partial charge is 0.376 e. The fourth-order valence-corrected chi connectivity index (χ4v) is 5.97. The van der Waals surface area contributed by atoms with Gasteiger partial charge in [-0.15, -0.1) is 11.3 Å². The average Bonchev–Trinajstić information content (AvgIpc) is 3.62. The van der Waals surface area contributed by atoms with Crippen LogP contribution in [0.4, 0.5) is 0 Å². The zero-order valence-electron chi connectivity index (χ0n) is 23.4. The number of amides is 2. The third kappa shape index (κ3) is 8.77. The topological polar surface area (TPSA) is 49.9 Å². The summed E-state index contributed by atoms with van der Waals surface area (Å²) < 4.78 is 5.87. The van der Waals surface area contributed by atoms with E-state index < -0.39 is 0 Å². The Morgan fingerprint density at radius 2 is 1.72 bits per heavy atom. The number of hydrogen-bond donors (Lipinski definition) is 0. The summed E-state index contributed by atoms with van der Waals surface area (Å²) in [6.07, 6.45) is 7.80. The third-order valence-electron chi connectivity index (χ3n) is 7.45. The molecule has 0 aliphatic carbocycles. The number of rotatable bonds is 14. The van der Waals surface area contributed by atoms with E-state index >= 15 is 0 Å². The van der Waals surface area contributed by atoms with Crippen molar-refractivity contribution in [1.82, 2.24) is 9.80 Å². The van der Waals surface area contributed by atoms with Crippen LogP contribution in [0, 0.1) is 6.92 Å². The maximum atomic E-state index is 13.8. The minimum absolute atomic E-state index is 0.0262. The van der Waals surface area contributed by atoms with Crippen LogP contribution in [-0.4, -0.2) is 47.4 Å². The number of aryl methyl sites for hydroxylation is 2. The van der Waals surface area contributed by atoms with Gasteiger partial charge in [-0.1, -0.05) is 68.7 Å². The van der Waals surface area contributed by atoms with E-state index in [1.807, 2.05) is 47.4 Å². The van der Waals surface area contributed by atoms with Crippen molar-refractivity contribution in [3.63, 3.8) is 0 Å². The van der Waals surface area contributed by atoms with Crippen molar-refractivity contribution in [2.75, 3.05) is 19.7 Å². The van der Waals surface area contributed by atoms with Crippen molar-refractivity contribution >= 4 is 23.2 Å². The monoisotopic (exact) mass is 546 g/mol.